The Hall–Kier alpha value is -3.03. The third-order valence-corrected chi connectivity index (χ3v) is 2.99. The predicted molar refractivity (Wildman–Crippen MR) is 76.1 cm³/mol. The van der Waals surface area contributed by atoms with E-state index in [2.05, 4.69) is 10.3 Å². The Bertz CT molecular complexity index is 702. The summed E-state index contributed by atoms with van der Waals surface area (Å²) < 4.78 is 0. The smallest absolute Gasteiger partial charge is 0.299 e. The van der Waals surface area contributed by atoms with Crippen LogP contribution in [0.25, 0.3) is 0 Å². The molecule has 0 saturated heterocycles. The number of nitro benzene ring substituents is 2. The summed E-state index contributed by atoms with van der Waals surface area (Å²) >= 11 is 0. The SMILES string of the molecule is Cc1cnccc1CNc1ccc([N+](=O)[O-])cc1[N+](=O)[O-]. The molecule has 2 aromatic rings. The lowest BCUT2D eigenvalue weighted by molar-refractivity contribution is -0.393. The van der Waals surface area contributed by atoms with Crippen molar-refractivity contribution >= 4 is 17.1 Å². The summed E-state index contributed by atoms with van der Waals surface area (Å²) in [6.45, 7) is 2.25. The Morgan fingerprint density at radius 3 is 2.57 bits per heavy atom. The summed E-state index contributed by atoms with van der Waals surface area (Å²) in [5.41, 5.74) is 1.50. The molecule has 0 spiro atoms. The van der Waals surface area contributed by atoms with Crippen LogP contribution in [0.3, 0.4) is 0 Å². The number of nitrogens with one attached hydrogen (secondary N) is 1. The fraction of sp³-hybridized carbons (Fsp3) is 0.154. The first-order valence-electron chi connectivity index (χ1n) is 6.05. The van der Waals surface area contributed by atoms with E-state index in [9.17, 15) is 20.2 Å². The maximum absolute atomic E-state index is 11.0. The average molecular weight is 288 g/mol. The average Bonchev–Trinajstić information content (AvgIpc) is 2.46. The number of hydrogen-bond acceptors (Lipinski definition) is 6. The highest BCUT2D eigenvalue weighted by Gasteiger charge is 2.19. The maximum atomic E-state index is 11.0. The minimum absolute atomic E-state index is 0.238. The summed E-state index contributed by atoms with van der Waals surface area (Å²) in [6, 6.07) is 5.32. The number of aromatic nitrogens is 1. The lowest BCUT2D eigenvalue weighted by Gasteiger charge is -2.08. The number of aryl methyl sites for hydroxylation is 1. The van der Waals surface area contributed by atoms with Crippen molar-refractivity contribution in [2.45, 2.75) is 13.5 Å². The van der Waals surface area contributed by atoms with Gasteiger partial charge in [-0.25, -0.2) is 0 Å². The molecule has 0 aliphatic rings. The number of pyridine rings is 1. The Morgan fingerprint density at radius 1 is 1.19 bits per heavy atom. The van der Waals surface area contributed by atoms with Crippen LogP contribution in [-0.4, -0.2) is 14.8 Å². The van der Waals surface area contributed by atoms with Gasteiger partial charge < -0.3 is 5.32 Å². The molecule has 2 rings (SSSR count). The van der Waals surface area contributed by atoms with Crippen LogP contribution in [0, 0.1) is 27.2 Å². The van der Waals surface area contributed by atoms with E-state index < -0.39 is 9.85 Å². The van der Waals surface area contributed by atoms with E-state index in [1.165, 1.54) is 12.1 Å². The van der Waals surface area contributed by atoms with E-state index in [4.69, 9.17) is 0 Å². The van der Waals surface area contributed by atoms with Crippen LogP contribution >= 0.6 is 0 Å². The van der Waals surface area contributed by atoms with Gasteiger partial charge in [0.25, 0.3) is 11.4 Å². The van der Waals surface area contributed by atoms with Crippen molar-refractivity contribution in [2.24, 2.45) is 0 Å². The third-order valence-electron chi connectivity index (χ3n) is 2.99. The molecule has 108 valence electrons. The number of hydrogen-bond donors (Lipinski definition) is 1. The molecule has 0 radical (unpaired) electrons. The fourth-order valence-corrected chi connectivity index (χ4v) is 1.83. The molecular formula is C13H12N4O4. The van der Waals surface area contributed by atoms with Gasteiger partial charge in [-0.2, -0.15) is 0 Å². The molecule has 0 saturated carbocycles. The van der Waals surface area contributed by atoms with Crippen LogP contribution < -0.4 is 5.32 Å². The molecule has 0 unspecified atom stereocenters. The normalized spacial score (nSPS) is 10.1. The topological polar surface area (TPSA) is 111 Å². The number of anilines is 1. The molecular weight excluding hydrogens is 276 g/mol. The lowest BCUT2D eigenvalue weighted by Crippen LogP contribution is -2.04. The van der Waals surface area contributed by atoms with Crippen LogP contribution in [0.5, 0.6) is 0 Å². The van der Waals surface area contributed by atoms with Gasteiger partial charge >= 0.3 is 0 Å². The van der Waals surface area contributed by atoms with Gasteiger partial charge in [-0.05, 0) is 30.2 Å². The van der Waals surface area contributed by atoms with E-state index in [-0.39, 0.29) is 17.1 Å². The number of rotatable bonds is 5. The number of benzene rings is 1. The van der Waals surface area contributed by atoms with Crippen molar-refractivity contribution in [3.8, 4) is 0 Å². The molecule has 0 amide bonds. The summed E-state index contributed by atoms with van der Waals surface area (Å²) in [5, 5.41) is 24.6. The zero-order valence-corrected chi connectivity index (χ0v) is 11.1. The van der Waals surface area contributed by atoms with Crippen LogP contribution in [0.2, 0.25) is 0 Å². The molecule has 1 heterocycles. The molecule has 0 aliphatic heterocycles. The molecule has 0 fully saturated rings. The van der Waals surface area contributed by atoms with Gasteiger partial charge in [-0.1, -0.05) is 0 Å². The number of nitro groups is 2. The molecule has 1 aromatic heterocycles. The van der Waals surface area contributed by atoms with Crippen molar-refractivity contribution in [2.75, 3.05) is 5.32 Å². The lowest BCUT2D eigenvalue weighted by atomic mass is 10.1. The van der Waals surface area contributed by atoms with E-state index in [0.29, 0.717) is 6.54 Å². The van der Waals surface area contributed by atoms with E-state index in [0.717, 1.165) is 17.2 Å². The monoisotopic (exact) mass is 288 g/mol. The first-order valence-corrected chi connectivity index (χ1v) is 6.05. The zero-order chi connectivity index (χ0) is 15.4. The summed E-state index contributed by atoms with van der Waals surface area (Å²) in [6.07, 6.45) is 3.33. The van der Waals surface area contributed by atoms with Crippen molar-refractivity contribution in [3.05, 3.63) is 68.0 Å². The molecule has 0 bridgehead atoms. The first-order chi connectivity index (χ1) is 9.99. The van der Waals surface area contributed by atoms with Gasteiger partial charge in [0.2, 0.25) is 0 Å². The van der Waals surface area contributed by atoms with Gasteiger partial charge in [0.1, 0.15) is 5.69 Å². The van der Waals surface area contributed by atoms with Crippen LogP contribution in [0.15, 0.2) is 36.7 Å². The Kier molecular flexibility index (Phi) is 4.07. The van der Waals surface area contributed by atoms with Crippen LogP contribution in [-0.2, 0) is 6.54 Å². The van der Waals surface area contributed by atoms with Crippen molar-refractivity contribution in [1.29, 1.82) is 0 Å². The summed E-state index contributed by atoms with van der Waals surface area (Å²) in [7, 11) is 0. The Balaban J connectivity index is 2.26. The second-order valence-electron chi connectivity index (χ2n) is 4.37. The highest BCUT2D eigenvalue weighted by Crippen LogP contribution is 2.29. The molecule has 0 aliphatic carbocycles. The minimum Gasteiger partial charge on any atom is -0.375 e. The van der Waals surface area contributed by atoms with E-state index in [1.807, 2.05) is 6.92 Å². The minimum atomic E-state index is -0.663. The zero-order valence-electron chi connectivity index (χ0n) is 11.1. The van der Waals surface area contributed by atoms with E-state index in [1.54, 1.807) is 18.5 Å². The highest BCUT2D eigenvalue weighted by atomic mass is 16.6. The highest BCUT2D eigenvalue weighted by molar-refractivity contribution is 5.65. The van der Waals surface area contributed by atoms with Gasteiger partial charge in [0, 0.05) is 25.0 Å². The second-order valence-corrected chi connectivity index (χ2v) is 4.37. The third kappa shape index (κ3) is 3.30. The van der Waals surface area contributed by atoms with Gasteiger partial charge in [-0.3, -0.25) is 25.2 Å². The van der Waals surface area contributed by atoms with Crippen LogP contribution in [0.1, 0.15) is 11.1 Å². The Morgan fingerprint density at radius 2 is 1.95 bits per heavy atom. The first kappa shape index (κ1) is 14.4. The van der Waals surface area contributed by atoms with Gasteiger partial charge in [-0.15, -0.1) is 0 Å². The quantitative estimate of drug-likeness (QED) is 0.668. The van der Waals surface area contributed by atoms with E-state index >= 15 is 0 Å². The number of nitrogens with zero attached hydrogens (tertiary/aromatic N) is 3. The fourth-order valence-electron chi connectivity index (χ4n) is 1.83. The Labute approximate surface area is 119 Å². The molecule has 1 N–H and O–H groups in total. The van der Waals surface area contributed by atoms with Crippen molar-refractivity contribution < 1.29 is 9.85 Å². The number of non-ortho nitro benzene ring substituents is 1. The van der Waals surface area contributed by atoms with Crippen LogP contribution in [0.4, 0.5) is 17.1 Å². The maximum Gasteiger partial charge on any atom is 0.299 e. The molecule has 21 heavy (non-hydrogen) atoms. The van der Waals surface area contributed by atoms with Crippen molar-refractivity contribution in [1.82, 2.24) is 4.98 Å². The predicted octanol–water partition coefficient (Wildman–Crippen LogP) is 2.82. The molecule has 8 heteroatoms. The standard InChI is InChI=1S/C13H12N4O4/c1-9-7-14-5-4-10(9)8-15-12-3-2-11(16(18)19)6-13(12)17(20)21/h2-7,15H,8H2,1H3. The second kappa shape index (κ2) is 5.95. The summed E-state index contributed by atoms with van der Waals surface area (Å²) in [5.74, 6) is 0. The molecule has 8 nitrogen and oxygen atoms in total. The largest absolute Gasteiger partial charge is 0.375 e. The van der Waals surface area contributed by atoms with Gasteiger partial charge in [0.05, 0.1) is 15.9 Å². The molecule has 0 atom stereocenters. The molecule has 1 aromatic carbocycles. The van der Waals surface area contributed by atoms with Crippen molar-refractivity contribution in [3.63, 3.8) is 0 Å². The summed E-state index contributed by atoms with van der Waals surface area (Å²) in [4.78, 5) is 24.3. The van der Waals surface area contributed by atoms with Gasteiger partial charge in [0.15, 0.2) is 0 Å².